The van der Waals surface area contributed by atoms with Crippen LogP contribution in [0, 0.1) is 0 Å². The number of aromatic nitrogens is 3. The first kappa shape index (κ1) is 18.6. The Bertz CT molecular complexity index is 1090. The van der Waals surface area contributed by atoms with Crippen LogP contribution in [0.5, 0.6) is 5.75 Å². The molecule has 0 aliphatic heterocycles. The minimum absolute atomic E-state index is 0.0943. The molecule has 0 unspecified atom stereocenters. The highest BCUT2D eigenvalue weighted by atomic mass is 35.5. The summed E-state index contributed by atoms with van der Waals surface area (Å²) in [5.74, 6) is 1.82. The first-order chi connectivity index (χ1) is 13.6. The number of hydrogen-bond acceptors (Lipinski definition) is 6. The van der Waals surface area contributed by atoms with Crippen molar-refractivity contribution < 1.29 is 13.9 Å². The van der Waals surface area contributed by atoms with E-state index in [1.54, 1.807) is 30.3 Å². The van der Waals surface area contributed by atoms with Gasteiger partial charge < -0.3 is 13.7 Å². The number of ketones is 1. The molecule has 0 amide bonds. The number of furan rings is 1. The molecule has 2 aromatic carbocycles. The Morgan fingerprint density at radius 3 is 2.75 bits per heavy atom. The molecule has 8 heteroatoms. The van der Waals surface area contributed by atoms with Crippen molar-refractivity contribution in [1.29, 1.82) is 0 Å². The van der Waals surface area contributed by atoms with Gasteiger partial charge in [-0.25, -0.2) is 0 Å². The molecule has 0 atom stereocenters. The summed E-state index contributed by atoms with van der Waals surface area (Å²) in [5, 5.41) is 10.5. The van der Waals surface area contributed by atoms with Gasteiger partial charge >= 0.3 is 0 Å². The number of Topliss-reactive ketones (excluding diaryl/α,β-unsaturated/α-hetero) is 1. The summed E-state index contributed by atoms with van der Waals surface area (Å²) in [6.07, 6.45) is 0. The number of fused-ring (bicyclic) bond motifs is 1. The van der Waals surface area contributed by atoms with Crippen LogP contribution < -0.4 is 4.74 Å². The number of hydrogen-bond donors (Lipinski definition) is 0. The summed E-state index contributed by atoms with van der Waals surface area (Å²) in [7, 11) is 1.84. The van der Waals surface area contributed by atoms with E-state index in [4.69, 9.17) is 20.8 Å². The van der Waals surface area contributed by atoms with Gasteiger partial charge in [0.1, 0.15) is 17.9 Å². The fourth-order valence-electron chi connectivity index (χ4n) is 2.60. The maximum Gasteiger partial charge on any atom is 0.208 e. The molecule has 6 nitrogen and oxygen atoms in total. The maximum atomic E-state index is 12.4. The van der Waals surface area contributed by atoms with E-state index in [0.29, 0.717) is 33.1 Å². The molecule has 2 aromatic heterocycles. The van der Waals surface area contributed by atoms with Crippen LogP contribution in [0.15, 0.2) is 64.2 Å². The van der Waals surface area contributed by atoms with E-state index in [-0.39, 0.29) is 18.1 Å². The van der Waals surface area contributed by atoms with Crippen LogP contribution in [0.1, 0.15) is 16.4 Å². The summed E-state index contributed by atoms with van der Waals surface area (Å²) >= 11 is 7.18. The minimum Gasteiger partial charge on any atom is -0.486 e. The lowest BCUT2D eigenvalue weighted by molar-refractivity contribution is 0.0994. The van der Waals surface area contributed by atoms with Crippen molar-refractivity contribution in [2.24, 2.45) is 7.05 Å². The lowest BCUT2D eigenvalue weighted by Gasteiger charge is -2.06. The number of halogens is 1. The molecule has 0 bridgehead atoms. The second kappa shape index (κ2) is 8.08. The molecule has 0 N–H and O–H groups in total. The Morgan fingerprint density at radius 2 is 1.96 bits per heavy atom. The lowest BCUT2D eigenvalue weighted by atomic mass is 10.2. The van der Waals surface area contributed by atoms with Gasteiger partial charge in [0.05, 0.1) is 5.75 Å². The molecule has 0 aliphatic rings. The lowest BCUT2D eigenvalue weighted by Crippen LogP contribution is -2.05. The largest absolute Gasteiger partial charge is 0.486 e. The Morgan fingerprint density at radius 1 is 1.18 bits per heavy atom. The summed E-state index contributed by atoms with van der Waals surface area (Å²) < 4.78 is 13.1. The summed E-state index contributed by atoms with van der Waals surface area (Å²) in [4.78, 5) is 12.4. The molecule has 0 fully saturated rings. The van der Waals surface area contributed by atoms with Gasteiger partial charge in [-0.05, 0) is 36.4 Å². The highest BCUT2D eigenvalue weighted by molar-refractivity contribution is 7.99. The highest BCUT2D eigenvalue weighted by Gasteiger charge is 2.16. The first-order valence-electron chi connectivity index (χ1n) is 8.51. The Labute approximate surface area is 170 Å². The third kappa shape index (κ3) is 4.05. The van der Waals surface area contributed by atoms with Crippen molar-refractivity contribution in [3.05, 3.63) is 71.2 Å². The topological polar surface area (TPSA) is 70.2 Å². The average molecular weight is 414 g/mol. The summed E-state index contributed by atoms with van der Waals surface area (Å²) in [5.41, 5.74) is 0.705. The van der Waals surface area contributed by atoms with Crippen molar-refractivity contribution in [2.75, 3.05) is 5.75 Å². The van der Waals surface area contributed by atoms with Crippen molar-refractivity contribution in [3.63, 3.8) is 0 Å². The van der Waals surface area contributed by atoms with Crippen LogP contribution in [0.4, 0.5) is 0 Å². The number of benzene rings is 2. The van der Waals surface area contributed by atoms with Crippen LogP contribution >= 0.6 is 23.4 Å². The Kier molecular flexibility index (Phi) is 5.36. The van der Waals surface area contributed by atoms with Gasteiger partial charge in [-0.3, -0.25) is 4.79 Å². The summed E-state index contributed by atoms with van der Waals surface area (Å²) in [6.45, 7) is 0.267. The fourth-order valence-corrected chi connectivity index (χ4v) is 3.52. The molecule has 4 rings (SSSR count). The zero-order valence-corrected chi connectivity index (χ0v) is 16.5. The van der Waals surface area contributed by atoms with Gasteiger partial charge in [0.2, 0.25) is 5.78 Å². The van der Waals surface area contributed by atoms with Gasteiger partial charge in [0.15, 0.2) is 16.7 Å². The second-order valence-corrected chi connectivity index (χ2v) is 7.44. The zero-order valence-electron chi connectivity index (χ0n) is 15.0. The molecule has 28 heavy (non-hydrogen) atoms. The molecule has 142 valence electrons. The fraction of sp³-hybridized carbons (Fsp3) is 0.150. The van der Waals surface area contributed by atoms with Crippen LogP contribution in [-0.2, 0) is 13.7 Å². The number of thioether (sulfide) groups is 1. The molecule has 0 radical (unpaired) electrons. The third-order valence-electron chi connectivity index (χ3n) is 4.14. The smallest absolute Gasteiger partial charge is 0.208 e. The van der Waals surface area contributed by atoms with Gasteiger partial charge in [0, 0.05) is 17.5 Å². The molecule has 0 saturated carbocycles. The predicted molar refractivity (Wildman–Crippen MR) is 108 cm³/mol. The molecular weight excluding hydrogens is 398 g/mol. The van der Waals surface area contributed by atoms with E-state index in [2.05, 4.69) is 10.2 Å². The van der Waals surface area contributed by atoms with Gasteiger partial charge in [0.25, 0.3) is 0 Å². The van der Waals surface area contributed by atoms with Crippen LogP contribution in [0.25, 0.3) is 11.0 Å². The average Bonchev–Trinajstić information content (AvgIpc) is 3.29. The standard InChI is InChI=1S/C20H16ClN3O3S/c1-24-19(11-26-15-8-6-14(21)7-9-15)22-23-20(24)28-12-16(25)18-10-13-4-2-3-5-17(13)27-18/h2-10H,11-12H2,1H3. The zero-order chi connectivity index (χ0) is 19.5. The Hall–Kier alpha value is -2.77. The number of rotatable bonds is 7. The number of carbonyl (C=O) groups is 1. The first-order valence-corrected chi connectivity index (χ1v) is 9.88. The van der Waals surface area contributed by atoms with Crippen LogP contribution in [0.2, 0.25) is 5.02 Å². The van der Waals surface area contributed by atoms with E-state index < -0.39 is 0 Å². The van der Waals surface area contributed by atoms with Gasteiger partial charge in [-0.2, -0.15) is 0 Å². The maximum absolute atomic E-state index is 12.4. The van der Waals surface area contributed by atoms with Crippen molar-refractivity contribution in [3.8, 4) is 5.75 Å². The van der Waals surface area contributed by atoms with Crippen molar-refractivity contribution in [2.45, 2.75) is 11.8 Å². The van der Waals surface area contributed by atoms with E-state index in [0.717, 1.165) is 5.39 Å². The van der Waals surface area contributed by atoms with Crippen LogP contribution in [-0.4, -0.2) is 26.3 Å². The predicted octanol–water partition coefficient (Wildman–Crippen LogP) is 4.77. The van der Waals surface area contributed by atoms with E-state index in [1.807, 2.05) is 35.9 Å². The number of nitrogens with zero attached hydrogens (tertiary/aromatic N) is 3. The van der Waals surface area contributed by atoms with Gasteiger partial charge in [-0.15, -0.1) is 10.2 Å². The molecule has 0 spiro atoms. The summed E-state index contributed by atoms with van der Waals surface area (Å²) in [6, 6.07) is 16.4. The molecule has 0 aliphatic carbocycles. The van der Waals surface area contributed by atoms with Crippen molar-refractivity contribution in [1.82, 2.24) is 14.8 Å². The quantitative estimate of drug-likeness (QED) is 0.321. The highest BCUT2D eigenvalue weighted by Crippen LogP contribution is 2.23. The minimum atomic E-state index is -0.0943. The second-order valence-electron chi connectivity index (χ2n) is 6.06. The molecule has 4 aromatic rings. The SMILES string of the molecule is Cn1c(COc2ccc(Cl)cc2)nnc1SCC(=O)c1cc2ccccc2o1. The number of para-hydroxylation sites is 1. The molecule has 0 saturated heterocycles. The molecular formula is C20H16ClN3O3S. The Balaban J connectivity index is 1.37. The van der Waals surface area contributed by atoms with E-state index in [9.17, 15) is 4.79 Å². The van der Waals surface area contributed by atoms with Crippen molar-refractivity contribution >= 4 is 40.1 Å². The number of carbonyl (C=O) groups excluding carboxylic acids is 1. The van der Waals surface area contributed by atoms with E-state index >= 15 is 0 Å². The number of ether oxygens (including phenoxy) is 1. The molecule has 2 heterocycles. The van der Waals surface area contributed by atoms with Gasteiger partial charge in [-0.1, -0.05) is 41.6 Å². The van der Waals surface area contributed by atoms with E-state index in [1.165, 1.54) is 11.8 Å². The van der Waals surface area contributed by atoms with Crippen LogP contribution in [0.3, 0.4) is 0 Å². The third-order valence-corrected chi connectivity index (χ3v) is 5.41. The monoisotopic (exact) mass is 413 g/mol. The normalized spacial score (nSPS) is 11.1.